The van der Waals surface area contributed by atoms with Crippen LogP contribution in [0, 0.1) is 0 Å². The molecular formula is C12H21NO2. The number of aromatic hydroxyl groups is 1. The molecule has 0 spiro atoms. The minimum Gasteiger partial charge on any atom is -0.508 e. The lowest BCUT2D eigenvalue weighted by Gasteiger charge is -2.05. The predicted molar refractivity (Wildman–Crippen MR) is 63.1 cm³/mol. The van der Waals surface area contributed by atoms with Crippen LogP contribution < -0.4 is 5.32 Å². The molecule has 0 aliphatic rings. The smallest absolute Gasteiger partial charge is 0.115 e. The van der Waals surface area contributed by atoms with Gasteiger partial charge in [-0.2, -0.15) is 0 Å². The van der Waals surface area contributed by atoms with Gasteiger partial charge in [0.15, 0.2) is 0 Å². The molecule has 1 rings (SSSR count). The second-order valence-corrected chi connectivity index (χ2v) is 3.44. The van der Waals surface area contributed by atoms with E-state index in [9.17, 15) is 0 Å². The normalized spacial score (nSPS) is 9.60. The Labute approximate surface area is 92.1 Å². The topological polar surface area (TPSA) is 41.5 Å². The molecule has 86 valence electrons. The van der Waals surface area contributed by atoms with E-state index in [1.54, 1.807) is 31.4 Å². The molecule has 1 aromatic carbocycles. The number of ether oxygens (including phenoxy) is 1. The zero-order chi connectivity index (χ0) is 11.5. The van der Waals surface area contributed by atoms with E-state index < -0.39 is 0 Å². The molecule has 0 aliphatic heterocycles. The second-order valence-electron chi connectivity index (χ2n) is 3.44. The first-order chi connectivity index (χ1) is 7.16. The molecule has 0 aliphatic carbocycles. The van der Waals surface area contributed by atoms with E-state index in [1.165, 1.54) is 0 Å². The van der Waals surface area contributed by atoms with E-state index in [0.29, 0.717) is 11.8 Å². The fourth-order valence-electron chi connectivity index (χ4n) is 0.878. The van der Waals surface area contributed by atoms with E-state index in [-0.39, 0.29) is 0 Å². The van der Waals surface area contributed by atoms with Crippen LogP contribution in [-0.4, -0.2) is 31.4 Å². The number of methoxy groups -OCH3 is 1. The van der Waals surface area contributed by atoms with Crippen molar-refractivity contribution in [3.8, 4) is 5.75 Å². The van der Waals surface area contributed by atoms with Gasteiger partial charge in [0.05, 0.1) is 6.61 Å². The first kappa shape index (κ1) is 13.9. The highest BCUT2D eigenvalue weighted by Gasteiger charge is 1.87. The molecule has 0 amide bonds. The van der Waals surface area contributed by atoms with Gasteiger partial charge < -0.3 is 15.2 Å². The molecule has 3 heteroatoms. The number of phenolic OH excluding ortho intramolecular Hbond substituents is 1. The van der Waals surface area contributed by atoms with Gasteiger partial charge >= 0.3 is 0 Å². The molecule has 0 radical (unpaired) electrons. The molecule has 0 saturated heterocycles. The van der Waals surface area contributed by atoms with Crippen molar-refractivity contribution in [2.45, 2.75) is 19.9 Å². The third-order valence-electron chi connectivity index (χ3n) is 1.61. The third kappa shape index (κ3) is 10.9. The highest BCUT2D eigenvalue weighted by molar-refractivity contribution is 5.18. The van der Waals surface area contributed by atoms with Crippen LogP contribution in [0.25, 0.3) is 0 Å². The number of hydrogen-bond donors (Lipinski definition) is 2. The SMILES string of the molecule is COCCNC(C)C.Oc1ccccc1. The molecular weight excluding hydrogens is 190 g/mol. The Hall–Kier alpha value is -1.06. The van der Waals surface area contributed by atoms with Crippen LogP contribution in [0.3, 0.4) is 0 Å². The molecule has 0 bridgehead atoms. The van der Waals surface area contributed by atoms with Crippen molar-refractivity contribution >= 4 is 0 Å². The van der Waals surface area contributed by atoms with Crippen LogP contribution in [0.1, 0.15) is 13.8 Å². The summed E-state index contributed by atoms with van der Waals surface area (Å²) in [6.07, 6.45) is 0. The van der Waals surface area contributed by atoms with Gasteiger partial charge in [0.2, 0.25) is 0 Å². The maximum absolute atomic E-state index is 8.63. The molecule has 0 saturated carbocycles. The van der Waals surface area contributed by atoms with Gasteiger partial charge in [-0.1, -0.05) is 32.0 Å². The van der Waals surface area contributed by atoms with Gasteiger partial charge in [0, 0.05) is 19.7 Å². The number of para-hydroxylation sites is 1. The van der Waals surface area contributed by atoms with Crippen molar-refractivity contribution in [2.24, 2.45) is 0 Å². The molecule has 15 heavy (non-hydrogen) atoms. The lowest BCUT2D eigenvalue weighted by molar-refractivity contribution is 0.197. The Morgan fingerprint density at radius 2 is 1.87 bits per heavy atom. The van der Waals surface area contributed by atoms with Gasteiger partial charge in [-0.05, 0) is 12.1 Å². The summed E-state index contributed by atoms with van der Waals surface area (Å²) in [7, 11) is 1.71. The fourth-order valence-corrected chi connectivity index (χ4v) is 0.878. The Kier molecular flexibility index (Phi) is 8.82. The van der Waals surface area contributed by atoms with Crippen molar-refractivity contribution in [2.75, 3.05) is 20.3 Å². The minimum absolute atomic E-state index is 0.322. The van der Waals surface area contributed by atoms with Crippen molar-refractivity contribution < 1.29 is 9.84 Å². The first-order valence-electron chi connectivity index (χ1n) is 5.13. The summed E-state index contributed by atoms with van der Waals surface area (Å²) in [4.78, 5) is 0. The predicted octanol–water partition coefficient (Wildman–Crippen LogP) is 2.02. The summed E-state index contributed by atoms with van der Waals surface area (Å²) < 4.78 is 4.83. The third-order valence-corrected chi connectivity index (χ3v) is 1.61. The maximum atomic E-state index is 8.63. The Balaban J connectivity index is 0.000000262. The van der Waals surface area contributed by atoms with Crippen molar-refractivity contribution in [3.05, 3.63) is 30.3 Å². The lowest BCUT2D eigenvalue weighted by Crippen LogP contribution is -2.26. The highest BCUT2D eigenvalue weighted by atomic mass is 16.5. The number of hydrogen-bond acceptors (Lipinski definition) is 3. The maximum Gasteiger partial charge on any atom is 0.115 e. The average Bonchev–Trinajstić information content (AvgIpc) is 2.20. The van der Waals surface area contributed by atoms with Crippen LogP contribution >= 0.6 is 0 Å². The molecule has 0 atom stereocenters. The second kappa shape index (κ2) is 9.49. The van der Waals surface area contributed by atoms with E-state index >= 15 is 0 Å². The largest absolute Gasteiger partial charge is 0.508 e. The Morgan fingerprint density at radius 3 is 2.20 bits per heavy atom. The molecule has 1 aromatic rings. The lowest BCUT2D eigenvalue weighted by atomic mass is 10.3. The zero-order valence-electron chi connectivity index (χ0n) is 9.73. The summed E-state index contributed by atoms with van der Waals surface area (Å²) in [5.74, 6) is 0.322. The summed E-state index contributed by atoms with van der Waals surface area (Å²) in [6, 6.07) is 9.29. The van der Waals surface area contributed by atoms with Crippen molar-refractivity contribution in [1.29, 1.82) is 0 Å². The van der Waals surface area contributed by atoms with Crippen LogP contribution in [0.2, 0.25) is 0 Å². The Bertz CT molecular complexity index is 224. The van der Waals surface area contributed by atoms with E-state index in [2.05, 4.69) is 19.2 Å². The summed E-state index contributed by atoms with van der Waals surface area (Å²) in [5.41, 5.74) is 0. The van der Waals surface area contributed by atoms with E-state index in [4.69, 9.17) is 9.84 Å². The summed E-state index contributed by atoms with van der Waals surface area (Å²) in [6.45, 7) is 6.00. The van der Waals surface area contributed by atoms with Gasteiger partial charge in [-0.25, -0.2) is 0 Å². The van der Waals surface area contributed by atoms with Crippen LogP contribution in [0.5, 0.6) is 5.75 Å². The number of benzene rings is 1. The van der Waals surface area contributed by atoms with E-state index in [1.807, 2.05) is 6.07 Å². The molecule has 0 aromatic heterocycles. The van der Waals surface area contributed by atoms with Crippen LogP contribution in [0.4, 0.5) is 0 Å². The molecule has 0 unspecified atom stereocenters. The van der Waals surface area contributed by atoms with Crippen LogP contribution in [0.15, 0.2) is 30.3 Å². The van der Waals surface area contributed by atoms with Crippen LogP contribution in [-0.2, 0) is 4.74 Å². The minimum atomic E-state index is 0.322. The molecule has 2 N–H and O–H groups in total. The van der Waals surface area contributed by atoms with Gasteiger partial charge in [0.25, 0.3) is 0 Å². The fraction of sp³-hybridized carbons (Fsp3) is 0.500. The molecule has 3 nitrogen and oxygen atoms in total. The Morgan fingerprint density at radius 1 is 1.27 bits per heavy atom. The van der Waals surface area contributed by atoms with Crippen molar-refractivity contribution in [1.82, 2.24) is 5.32 Å². The average molecular weight is 211 g/mol. The summed E-state index contributed by atoms with van der Waals surface area (Å²) in [5, 5.41) is 11.9. The zero-order valence-corrected chi connectivity index (χ0v) is 9.73. The van der Waals surface area contributed by atoms with E-state index in [0.717, 1.165) is 13.2 Å². The number of rotatable bonds is 4. The number of nitrogens with one attached hydrogen (secondary N) is 1. The first-order valence-corrected chi connectivity index (χ1v) is 5.13. The van der Waals surface area contributed by atoms with Gasteiger partial charge in [-0.15, -0.1) is 0 Å². The monoisotopic (exact) mass is 211 g/mol. The van der Waals surface area contributed by atoms with Gasteiger partial charge in [-0.3, -0.25) is 0 Å². The summed E-state index contributed by atoms with van der Waals surface area (Å²) >= 11 is 0. The quantitative estimate of drug-likeness (QED) is 0.749. The van der Waals surface area contributed by atoms with Crippen molar-refractivity contribution in [3.63, 3.8) is 0 Å². The standard InChI is InChI=1S/C6H15NO.C6H6O/c1-6(2)7-4-5-8-3;7-6-4-2-1-3-5-6/h6-7H,4-5H2,1-3H3;1-5,7H. The highest BCUT2D eigenvalue weighted by Crippen LogP contribution is 2.02. The molecule has 0 fully saturated rings. The molecule has 0 heterocycles. The van der Waals surface area contributed by atoms with Gasteiger partial charge in [0.1, 0.15) is 5.75 Å². The number of phenols is 1.